The lowest BCUT2D eigenvalue weighted by atomic mass is 10.1. The van der Waals surface area contributed by atoms with Crippen LogP contribution in [0.25, 0.3) is 0 Å². The Morgan fingerprint density at radius 2 is 2.22 bits per heavy atom. The van der Waals surface area contributed by atoms with Crippen molar-refractivity contribution in [2.75, 3.05) is 12.4 Å². The molecule has 2 aromatic rings. The lowest BCUT2D eigenvalue weighted by Gasteiger charge is -2.09. The van der Waals surface area contributed by atoms with Gasteiger partial charge in [-0.1, -0.05) is 0 Å². The van der Waals surface area contributed by atoms with Gasteiger partial charge in [-0.2, -0.15) is 0 Å². The van der Waals surface area contributed by atoms with Gasteiger partial charge in [0.1, 0.15) is 11.6 Å². The highest BCUT2D eigenvalue weighted by Gasteiger charge is 2.13. The number of ether oxygens (including phenoxy) is 1. The molecule has 18 heavy (non-hydrogen) atoms. The number of hydrogen-bond donors (Lipinski definition) is 1. The molecule has 1 aromatic heterocycles. The fourth-order valence-corrected chi connectivity index (χ4v) is 1.41. The lowest BCUT2D eigenvalue weighted by Crippen LogP contribution is -2.06. The normalized spacial score (nSPS) is 9.89. The number of nitrogens with one attached hydrogen (secondary N) is 1. The molecule has 0 atom stereocenters. The topological polar surface area (TPSA) is 64.1 Å². The number of methoxy groups -OCH3 is 1. The summed E-state index contributed by atoms with van der Waals surface area (Å²) < 4.78 is 17.8. The predicted molar refractivity (Wildman–Crippen MR) is 63.1 cm³/mol. The van der Waals surface area contributed by atoms with Crippen molar-refractivity contribution in [2.45, 2.75) is 0 Å². The summed E-state index contributed by atoms with van der Waals surface area (Å²) in [6, 6.07) is 3.73. The molecule has 6 heteroatoms. The van der Waals surface area contributed by atoms with Crippen LogP contribution in [-0.4, -0.2) is 23.0 Å². The van der Waals surface area contributed by atoms with Gasteiger partial charge < -0.3 is 10.1 Å². The van der Waals surface area contributed by atoms with Crippen molar-refractivity contribution in [3.05, 3.63) is 48.2 Å². The van der Waals surface area contributed by atoms with E-state index < -0.39 is 11.8 Å². The third kappa shape index (κ3) is 2.60. The van der Waals surface area contributed by atoms with Gasteiger partial charge in [-0.3, -0.25) is 4.98 Å². The third-order valence-corrected chi connectivity index (χ3v) is 2.21. The molecule has 0 aliphatic carbocycles. The second-order valence-corrected chi connectivity index (χ2v) is 3.40. The molecule has 0 spiro atoms. The number of carbonyl (C=O) groups is 1. The van der Waals surface area contributed by atoms with E-state index >= 15 is 0 Å². The van der Waals surface area contributed by atoms with Crippen LogP contribution < -0.4 is 5.32 Å². The van der Waals surface area contributed by atoms with Crippen molar-refractivity contribution >= 4 is 17.5 Å². The minimum absolute atomic E-state index is 0.226. The highest BCUT2D eigenvalue weighted by atomic mass is 19.1. The van der Waals surface area contributed by atoms with Gasteiger partial charge in [0.25, 0.3) is 0 Å². The van der Waals surface area contributed by atoms with Crippen molar-refractivity contribution in [1.82, 2.24) is 9.97 Å². The zero-order valence-corrected chi connectivity index (χ0v) is 9.55. The summed E-state index contributed by atoms with van der Waals surface area (Å²) in [6.07, 6.45) is 4.46. The number of aromatic nitrogens is 2. The predicted octanol–water partition coefficient (Wildman–Crippen LogP) is 2.15. The van der Waals surface area contributed by atoms with Gasteiger partial charge >= 0.3 is 5.97 Å². The number of rotatable bonds is 3. The fourth-order valence-electron chi connectivity index (χ4n) is 1.41. The maximum absolute atomic E-state index is 13.2. The Labute approximate surface area is 103 Å². The number of nitrogens with zero attached hydrogens (tertiary/aromatic N) is 2. The standard InChI is InChI=1S/C12H10FN3O2/c1-18-12(17)9-3-2-8(13)6-10(9)16-11-7-14-4-5-15-11/h2-7H,1H3,(H,15,16). The van der Waals surface area contributed by atoms with Crippen LogP contribution >= 0.6 is 0 Å². The van der Waals surface area contributed by atoms with Crippen LogP contribution in [0.4, 0.5) is 15.9 Å². The van der Waals surface area contributed by atoms with Crippen LogP contribution in [0, 0.1) is 5.82 Å². The smallest absolute Gasteiger partial charge is 0.339 e. The van der Waals surface area contributed by atoms with Gasteiger partial charge in [0.2, 0.25) is 0 Å². The van der Waals surface area contributed by atoms with Crippen LogP contribution in [0.15, 0.2) is 36.8 Å². The highest BCUT2D eigenvalue weighted by molar-refractivity contribution is 5.96. The Balaban J connectivity index is 2.36. The van der Waals surface area contributed by atoms with E-state index in [1.807, 2.05) is 0 Å². The summed E-state index contributed by atoms with van der Waals surface area (Å²) in [5.74, 6) is -0.608. The molecule has 92 valence electrons. The van der Waals surface area contributed by atoms with E-state index in [0.29, 0.717) is 5.82 Å². The van der Waals surface area contributed by atoms with Crippen molar-refractivity contribution < 1.29 is 13.9 Å². The summed E-state index contributed by atoms with van der Waals surface area (Å²) in [5, 5.41) is 2.81. The fraction of sp³-hybridized carbons (Fsp3) is 0.0833. The second-order valence-electron chi connectivity index (χ2n) is 3.40. The van der Waals surface area contributed by atoms with Crippen molar-refractivity contribution in [1.29, 1.82) is 0 Å². The first-order chi connectivity index (χ1) is 8.70. The van der Waals surface area contributed by atoms with Gasteiger partial charge in [0.05, 0.1) is 24.6 Å². The Hall–Kier alpha value is -2.50. The largest absolute Gasteiger partial charge is 0.465 e. The Morgan fingerprint density at radius 3 is 2.89 bits per heavy atom. The minimum atomic E-state index is -0.554. The average molecular weight is 247 g/mol. The van der Waals surface area contributed by atoms with Crippen LogP contribution in [0.5, 0.6) is 0 Å². The first-order valence-corrected chi connectivity index (χ1v) is 5.11. The van der Waals surface area contributed by atoms with E-state index in [1.165, 1.54) is 43.9 Å². The molecule has 0 aliphatic heterocycles. The molecule has 0 unspecified atom stereocenters. The van der Waals surface area contributed by atoms with Crippen molar-refractivity contribution in [2.24, 2.45) is 0 Å². The third-order valence-electron chi connectivity index (χ3n) is 2.21. The zero-order valence-electron chi connectivity index (χ0n) is 9.55. The summed E-state index contributed by atoms with van der Waals surface area (Å²) in [5.41, 5.74) is 0.506. The van der Waals surface area contributed by atoms with Gasteiger partial charge in [0, 0.05) is 12.4 Å². The maximum atomic E-state index is 13.2. The summed E-state index contributed by atoms with van der Waals surface area (Å²) in [7, 11) is 1.26. The minimum Gasteiger partial charge on any atom is -0.465 e. The SMILES string of the molecule is COC(=O)c1ccc(F)cc1Nc1cnccn1. The summed E-state index contributed by atoms with van der Waals surface area (Å²) in [4.78, 5) is 19.4. The van der Waals surface area contributed by atoms with Crippen LogP contribution in [-0.2, 0) is 4.74 Å². The zero-order chi connectivity index (χ0) is 13.0. The number of esters is 1. The molecule has 1 aromatic carbocycles. The van der Waals surface area contributed by atoms with E-state index in [0.717, 1.165) is 0 Å². The molecule has 0 aliphatic rings. The Morgan fingerprint density at radius 1 is 1.39 bits per heavy atom. The number of hydrogen-bond acceptors (Lipinski definition) is 5. The summed E-state index contributed by atoms with van der Waals surface area (Å²) >= 11 is 0. The van der Waals surface area contributed by atoms with Gasteiger partial charge in [-0.05, 0) is 18.2 Å². The van der Waals surface area contributed by atoms with Gasteiger partial charge in [-0.15, -0.1) is 0 Å². The second kappa shape index (κ2) is 5.22. The molecule has 0 fully saturated rings. The van der Waals surface area contributed by atoms with Crippen molar-refractivity contribution in [3.8, 4) is 0 Å². The lowest BCUT2D eigenvalue weighted by molar-refractivity contribution is 0.0602. The molecule has 5 nitrogen and oxygen atoms in total. The van der Waals surface area contributed by atoms with E-state index in [1.54, 1.807) is 0 Å². The molecule has 1 N–H and O–H groups in total. The number of anilines is 2. The molecule has 1 heterocycles. The highest BCUT2D eigenvalue weighted by Crippen LogP contribution is 2.21. The molecule has 2 rings (SSSR count). The van der Waals surface area contributed by atoms with E-state index in [4.69, 9.17) is 0 Å². The molecule has 0 amide bonds. The first-order valence-electron chi connectivity index (χ1n) is 5.11. The molecular formula is C12H10FN3O2. The van der Waals surface area contributed by atoms with E-state index in [-0.39, 0.29) is 11.3 Å². The monoisotopic (exact) mass is 247 g/mol. The number of carbonyl (C=O) groups excluding carboxylic acids is 1. The number of halogens is 1. The Kier molecular flexibility index (Phi) is 3.47. The first kappa shape index (κ1) is 12.0. The quantitative estimate of drug-likeness (QED) is 0.842. The summed E-state index contributed by atoms with van der Waals surface area (Å²) in [6.45, 7) is 0. The van der Waals surface area contributed by atoms with Crippen LogP contribution in [0.2, 0.25) is 0 Å². The molecule has 0 saturated heterocycles. The van der Waals surface area contributed by atoms with Gasteiger partial charge in [0.15, 0.2) is 0 Å². The van der Waals surface area contributed by atoms with Crippen LogP contribution in [0.1, 0.15) is 10.4 Å². The maximum Gasteiger partial charge on any atom is 0.339 e. The molecule has 0 saturated carbocycles. The molecule has 0 radical (unpaired) electrons. The van der Waals surface area contributed by atoms with E-state index in [9.17, 15) is 9.18 Å². The molecular weight excluding hydrogens is 237 g/mol. The Bertz CT molecular complexity index is 561. The average Bonchev–Trinajstić information content (AvgIpc) is 2.39. The van der Waals surface area contributed by atoms with Crippen LogP contribution in [0.3, 0.4) is 0 Å². The van der Waals surface area contributed by atoms with Crippen molar-refractivity contribution in [3.63, 3.8) is 0 Å². The number of benzene rings is 1. The molecule has 0 bridgehead atoms. The van der Waals surface area contributed by atoms with Gasteiger partial charge in [-0.25, -0.2) is 14.2 Å². The van der Waals surface area contributed by atoms with E-state index in [2.05, 4.69) is 20.0 Å².